The van der Waals surface area contributed by atoms with Crippen LogP contribution in [0, 0.1) is 0 Å². The Hall–Kier alpha value is -2.04. The number of hydrogen-bond donors (Lipinski definition) is 0. The van der Waals surface area contributed by atoms with Crippen LogP contribution in [0.25, 0.3) is 0 Å². The lowest BCUT2D eigenvalue weighted by Crippen LogP contribution is -2.49. The number of likely N-dealkylation sites (N-methyl/N-ethyl adjacent to an activating group) is 1. The quantitative estimate of drug-likeness (QED) is 0.854. The van der Waals surface area contributed by atoms with Gasteiger partial charge in [0.05, 0.1) is 13.2 Å². The monoisotopic (exact) mass is 344 g/mol. The molecule has 1 saturated heterocycles. The van der Waals surface area contributed by atoms with E-state index < -0.39 is 0 Å². The van der Waals surface area contributed by atoms with Crippen LogP contribution in [0.4, 0.5) is 0 Å². The number of carbonyl (C=O) groups is 1. The van der Waals surface area contributed by atoms with Gasteiger partial charge in [-0.3, -0.25) is 9.69 Å². The van der Waals surface area contributed by atoms with Crippen molar-refractivity contribution in [1.29, 1.82) is 0 Å². The Kier molecular flexibility index (Phi) is 5.07. The molecule has 2 aromatic carbocycles. The minimum atomic E-state index is 0.0488. The molecule has 0 saturated carbocycles. The lowest BCUT2D eigenvalue weighted by molar-refractivity contribution is 0.0546. The number of piperazine rings is 1. The third-order valence-electron chi connectivity index (χ3n) is 4.50. The first kappa shape index (κ1) is 16.8. The van der Waals surface area contributed by atoms with Crippen LogP contribution in [0.2, 0.25) is 5.02 Å². The summed E-state index contributed by atoms with van der Waals surface area (Å²) < 4.78 is 5.32. The molecule has 126 valence electrons. The first-order valence-corrected chi connectivity index (χ1v) is 8.35. The van der Waals surface area contributed by atoms with Crippen molar-refractivity contribution in [2.75, 3.05) is 33.8 Å². The second-order valence-corrected chi connectivity index (χ2v) is 6.47. The van der Waals surface area contributed by atoms with Crippen LogP contribution < -0.4 is 4.74 Å². The van der Waals surface area contributed by atoms with Crippen LogP contribution in [0.15, 0.2) is 48.5 Å². The smallest absolute Gasteiger partial charge is 0.253 e. The van der Waals surface area contributed by atoms with Gasteiger partial charge in [-0.1, -0.05) is 23.7 Å². The largest absolute Gasteiger partial charge is 0.497 e. The summed E-state index contributed by atoms with van der Waals surface area (Å²) in [7, 11) is 3.76. The molecule has 0 aliphatic carbocycles. The van der Waals surface area contributed by atoms with Crippen molar-refractivity contribution in [2.24, 2.45) is 0 Å². The molecule has 1 atom stereocenters. The predicted molar refractivity (Wildman–Crippen MR) is 95.7 cm³/mol. The van der Waals surface area contributed by atoms with E-state index in [4.69, 9.17) is 16.3 Å². The van der Waals surface area contributed by atoms with Crippen LogP contribution in [0.3, 0.4) is 0 Å². The zero-order valence-electron chi connectivity index (χ0n) is 13.9. The maximum atomic E-state index is 12.8. The number of amides is 1. The zero-order chi connectivity index (χ0) is 17.1. The van der Waals surface area contributed by atoms with Crippen molar-refractivity contribution in [3.8, 4) is 5.75 Å². The van der Waals surface area contributed by atoms with E-state index in [2.05, 4.69) is 18.0 Å². The van der Waals surface area contributed by atoms with Gasteiger partial charge in [-0.25, -0.2) is 0 Å². The highest BCUT2D eigenvalue weighted by molar-refractivity contribution is 6.30. The molecule has 1 heterocycles. The van der Waals surface area contributed by atoms with Crippen LogP contribution in [-0.2, 0) is 0 Å². The van der Waals surface area contributed by atoms with Gasteiger partial charge in [0.1, 0.15) is 5.75 Å². The topological polar surface area (TPSA) is 32.8 Å². The van der Waals surface area contributed by atoms with Gasteiger partial charge in [0.25, 0.3) is 5.91 Å². The van der Waals surface area contributed by atoms with Gasteiger partial charge < -0.3 is 9.64 Å². The molecular weight excluding hydrogens is 324 g/mol. The van der Waals surface area contributed by atoms with E-state index in [9.17, 15) is 4.79 Å². The number of methoxy groups -OCH3 is 1. The number of halogens is 1. The fraction of sp³-hybridized carbons (Fsp3) is 0.316. The number of ether oxygens (including phenoxy) is 1. The van der Waals surface area contributed by atoms with E-state index in [1.54, 1.807) is 31.4 Å². The molecule has 24 heavy (non-hydrogen) atoms. The first-order valence-electron chi connectivity index (χ1n) is 7.97. The van der Waals surface area contributed by atoms with Gasteiger partial charge >= 0.3 is 0 Å². The highest BCUT2D eigenvalue weighted by Gasteiger charge is 2.29. The minimum absolute atomic E-state index is 0.0488. The number of nitrogens with zero attached hydrogens (tertiary/aromatic N) is 2. The fourth-order valence-electron chi connectivity index (χ4n) is 3.04. The Labute approximate surface area is 147 Å². The molecule has 0 spiro atoms. The van der Waals surface area contributed by atoms with Gasteiger partial charge in [-0.05, 0) is 49.0 Å². The number of benzene rings is 2. The molecule has 0 aromatic heterocycles. The third-order valence-corrected chi connectivity index (χ3v) is 4.76. The van der Waals surface area contributed by atoms with Crippen molar-refractivity contribution in [3.05, 3.63) is 64.7 Å². The fourth-order valence-corrected chi connectivity index (χ4v) is 3.17. The average Bonchev–Trinajstić information content (AvgIpc) is 2.62. The molecule has 0 N–H and O–H groups in total. The van der Waals surface area contributed by atoms with E-state index in [0.29, 0.717) is 17.1 Å². The highest BCUT2D eigenvalue weighted by atomic mass is 35.5. The highest BCUT2D eigenvalue weighted by Crippen LogP contribution is 2.27. The van der Waals surface area contributed by atoms with Gasteiger partial charge in [0, 0.05) is 30.2 Å². The number of rotatable bonds is 3. The molecule has 0 radical (unpaired) electrons. The van der Waals surface area contributed by atoms with Crippen molar-refractivity contribution < 1.29 is 9.53 Å². The maximum absolute atomic E-state index is 12.8. The second kappa shape index (κ2) is 7.24. The molecule has 1 unspecified atom stereocenters. The Morgan fingerprint density at radius 3 is 2.62 bits per heavy atom. The van der Waals surface area contributed by atoms with E-state index in [0.717, 1.165) is 24.4 Å². The Morgan fingerprint density at radius 1 is 1.17 bits per heavy atom. The molecule has 3 rings (SSSR count). The van der Waals surface area contributed by atoms with Crippen molar-refractivity contribution in [1.82, 2.24) is 9.80 Å². The first-order chi connectivity index (χ1) is 11.6. The minimum Gasteiger partial charge on any atom is -0.497 e. The summed E-state index contributed by atoms with van der Waals surface area (Å²) in [6, 6.07) is 15.3. The van der Waals surface area contributed by atoms with E-state index in [-0.39, 0.29) is 11.9 Å². The van der Waals surface area contributed by atoms with E-state index >= 15 is 0 Å². The summed E-state index contributed by atoms with van der Waals surface area (Å²) >= 11 is 5.91. The molecule has 1 amide bonds. The summed E-state index contributed by atoms with van der Waals surface area (Å²) in [6.45, 7) is 2.21. The van der Waals surface area contributed by atoms with Crippen LogP contribution in [0.1, 0.15) is 22.0 Å². The standard InChI is InChI=1S/C19H21ClN2O2/c1-21-10-11-22(19(23)14-6-8-16(20)9-7-14)13-18(21)15-4-3-5-17(12-15)24-2/h3-9,12,18H,10-11,13H2,1-2H3. The number of carbonyl (C=O) groups excluding carboxylic acids is 1. The Balaban J connectivity index is 1.79. The summed E-state index contributed by atoms with van der Waals surface area (Å²) in [6.07, 6.45) is 0. The summed E-state index contributed by atoms with van der Waals surface area (Å²) in [5.74, 6) is 0.884. The van der Waals surface area contributed by atoms with Gasteiger partial charge in [0.15, 0.2) is 0 Å². The normalized spacial score (nSPS) is 18.5. The van der Waals surface area contributed by atoms with Crippen LogP contribution >= 0.6 is 11.6 Å². The lowest BCUT2D eigenvalue weighted by Gasteiger charge is -2.39. The Bertz CT molecular complexity index is 718. The SMILES string of the molecule is COc1cccc(C2CN(C(=O)c3ccc(Cl)cc3)CCN2C)c1. The predicted octanol–water partition coefficient (Wildman–Crippen LogP) is 3.48. The second-order valence-electron chi connectivity index (χ2n) is 6.03. The molecule has 1 aliphatic heterocycles. The third kappa shape index (κ3) is 3.55. The van der Waals surface area contributed by atoms with Gasteiger partial charge in [-0.15, -0.1) is 0 Å². The maximum Gasteiger partial charge on any atom is 0.253 e. The van der Waals surface area contributed by atoms with E-state index in [1.165, 1.54) is 0 Å². The molecule has 2 aromatic rings. The number of hydrogen-bond acceptors (Lipinski definition) is 3. The van der Waals surface area contributed by atoms with E-state index in [1.807, 2.05) is 23.1 Å². The van der Waals surface area contributed by atoms with Gasteiger partial charge in [-0.2, -0.15) is 0 Å². The summed E-state index contributed by atoms with van der Waals surface area (Å²) in [5, 5.41) is 0.638. The molecule has 1 aliphatic rings. The summed E-state index contributed by atoms with van der Waals surface area (Å²) in [5.41, 5.74) is 1.83. The molecule has 5 heteroatoms. The van der Waals surface area contributed by atoms with Crippen LogP contribution in [0.5, 0.6) is 5.75 Å². The lowest BCUT2D eigenvalue weighted by atomic mass is 10.0. The molecule has 0 bridgehead atoms. The summed E-state index contributed by atoms with van der Waals surface area (Å²) in [4.78, 5) is 16.9. The van der Waals surface area contributed by atoms with Gasteiger partial charge in [0.2, 0.25) is 0 Å². The van der Waals surface area contributed by atoms with Crippen LogP contribution in [-0.4, -0.2) is 49.5 Å². The Morgan fingerprint density at radius 2 is 1.92 bits per heavy atom. The molecule has 4 nitrogen and oxygen atoms in total. The van der Waals surface area contributed by atoms with Crippen molar-refractivity contribution in [2.45, 2.75) is 6.04 Å². The molecular formula is C19H21ClN2O2. The van der Waals surface area contributed by atoms with Crippen molar-refractivity contribution in [3.63, 3.8) is 0 Å². The zero-order valence-corrected chi connectivity index (χ0v) is 14.7. The molecule has 1 fully saturated rings. The average molecular weight is 345 g/mol. The van der Waals surface area contributed by atoms with Crippen molar-refractivity contribution >= 4 is 17.5 Å².